The number of aromatic nitrogens is 3. The Morgan fingerprint density at radius 3 is 2.68 bits per heavy atom. The average Bonchev–Trinajstić information content (AvgIpc) is 2.78. The zero-order chi connectivity index (χ0) is 13.4. The molecule has 2 heterocycles. The average molecular weight is 251 g/mol. The van der Waals surface area contributed by atoms with Crippen LogP contribution in [0.3, 0.4) is 0 Å². The fourth-order valence-corrected chi connectivity index (χ4v) is 2.34. The normalized spacial score (nSPS) is 11.4. The number of rotatable bonds is 2. The Kier molecular flexibility index (Phi) is 2.82. The van der Waals surface area contributed by atoms with Gasteiger partial charge in [0.05, 0.1) is 11.4 Å². The van der Waals surface area contributed by atoms with Gasteiger partial charge >= 0.3 is 0 Å². The lowest BCUT2D eigenvalue weighted by Crippen LogP contribution is -1.99. The van der Waals surface area contributed by atoms with Crippen LogP contribution in [0.5, 0.6) is 0 Å². The summed E-state index contributed by atoms with van der Waals surface area (Å²) in [4.78, 5) is 4.49. The van der Waals surface area contributed by atoms with Gasteiger partial charge in [-0.05, 0) is 42.7 Å². The van der Waals surface area contributed by atoms with Crippen LogP contribution in [0, 0.1) is 6.92 Å². The highest BCUT2D eigenvalue weighted by molar-refractivity contribution is 5.80. The standard InChI is InChI=1S/C16H17N3/c1-11(2)15-14-8-5-9-17-16(14)19(18-15)13-7-4-6-12(3)10-13/h4-11H,1-3H3. The van der Waals surface area contributed by atoms with E-state index in [9.17, 15) is 0 Å². The molecule has 3 aromatic rings. The molecule has 0 aliphatic carbocycles. The lowest BCUT2D eigenvalue weighted by atomic mass is 10.1. The van der Waals surface area contributed by atoms with Gasteiger partial charge in [0.15, 0.2) is 5.65 Å². The molecule has 0 saturated carbocycles. The van der Waals surface area contributed by atoms with Crippen molar-refractivity contribution in [1.82, 2.24) is 14.8 Å². The number of hydrogen-bond acceptors (Lipinski definition) is 2. The van der Waals surface area contributed by atoms with Crippen LogP contribution in [0.1, 0.15) is 31.0 Å². The highest BCUT2D eigenvalue weighted by Crippen LogP contribution is 2.25. The van der Waals surface area contributed by atoms with Crippen molar-refractivity contribution < 1.29 is 0 Å². The van der Waals surface area contributed by atoms with E-state index in [4.69, 9.17) is 5.10 Å². The third-order valence-electron chi connectivity index (χ3n) is 3.26. The van der Waals surface area contributed by atoms with Crippen LogP contribution in [0.4, 0.5) is 0 Å². The van der Waals surface area contributed by atoms with E-state index in [1.54, 1.807) is 0 Å². The van der Waals surface area contributed by atoms with Crippen molar-refractivity contribution in [2.24, 2.45) is 0 Å². The van der Waals surface area contributed by atoms with Gasteiger partial charge in [0.1, 0.15) is 0 Å². The molecule has 3 rings (SSSR count). The molecule has 19 heavy (non-hydrogen) atoms. The molecule has 0 aliphatic heterocycles. The highest BCUT2D eigenvalue weighted by Gasteiger charge is 2.14. The van der Waals surface area contributed by atoms with Crippen LogP contribution in [0.15, 0.2) is 42.6 Å². The maximum Gasteiger partial charge on any atom is 0.163 e. The Bertz CT molecular complexity index is 726. The number of fused-ring (bicyclic) bond motifs is 1. The molecule has 0 spiro atoms. The van der Waals surface area contributed by atoms with Gasteiger partial charge in [-0.2, -0.15) is 5.10 Å². The third kappa shape index (κ3) is 2.01. The molecule has 0 atom stereocenters. The molecule has 0 radical (unpaired) electrons. The molecule has 0 bridgehead atoms. The molecule has 1 aromatic carbocycles. The highest BCUT2D eigenvalue weighted by atomic mass is 15.3. The number of benzene rings is 1. The van der Waals surface area contributed by atoms with Gasteiger partial charge in [-0.15, -0.1) is 0 Å². The smallest absolute Gasteiger partial charge is 0.163 e. The number of pyridine rings is 1. The molecule has 0 saturated heterocycles. The van der Waals surface area contributed by atoms with E-state index >= 15 is 0 Å². The Morgan fingerprint density at radius 2 is 1.95 bits per heavy atom. The first-order valence-electron chi connectivity index (χ1n) is 6.57. The second-order valence-electron chi connectivity index (χ2n) is 5.17. The quantitative estimate of drug-likeness (QED) is 0.692. The van der Waals surface area contributed by atoms with E-state index < -0.39 is 0 Å². The summed E-state index contributed by atoms with van der Waals surface area (Å²) >= 11 is 0. The van der Waals surface area contributed by atoms with E-state index in [2.05, 4.69) is 56.1 Å². The molecular formula is C16H17N3. The van der Waals surface area contributed by atoms with E-state index in [0.29, 0.717) is 5.92 Å². The Balaban J connectivity index is 2.30. The van der Waals surface area contributed by atoms with Crippen molar-refractivity contribution in [2.75, 3.05) is 0 Å². The van der Waals surface area contributed by atoms with Crippen molar-refractivity contribution in [1.29, 1.82) is 0 Å². The zero-order valence-electron chi connectivity index (χ0n) is 11.5. The number of aryl methyl sites for hydroxylation is 1. The van der Waals surface area contributed by atoms with Crippen molar-refractivity contribution in [2.45, 2.75) is 26.7 Å². The Morgan fingerprint density at radius 1 is 1.11 bits per heavy atom. The molecule has 3 nitrogen and oxygen atoms in total. The maximum atomic E-state index is 4.75. The number of nitrogens with zero attached hydrogens (tertiary/aromatic N) is 3. The van der Waals surface area contributed by atoms with Gasteiger partial charge in [-0.3, -0.25) is 0 Å². The van der Waals surface area contributed by atoms with Crippen molar-refractivity contribution in [3.63, 3.8) is 0 Å². The van der Waals surface area contributed by atoms with Gasteiger partial charge in [0.2, 0.25) is 0 Å². The van der Waals surface area contributed by atoms with Gasteiger partial charge in [0.25, 0.3) is 0 Å². The fraction of sp³-hybridized carbons (Fsp3) is 0.250. The molecule has 0 aliphatic rings. The summed E-state index contributed by atoms with van der Waals surface area (Å²) in [6, 6.07) is 12.4. The summed E-state index contributed by atoms with van der Waals surface area (Å²) in [7, 11) is 0. The van der Waals surface area contributed by atoms with Crippen LogP contribution in [0.2, 0.25) is 0 Å². The van der Waals surface area contributed by atoms with Crippen LogP contribution in [-0.2, 0) is 0 Å². The Labute approximate surface area is 112 Å². The SMILES string of the molecule is Cc1cccc(-n2nc(C(C)C)c3cccnc32)c1. The lowest BCUT2D eigenvalue weighted by Gasteiger charge is -2.03. The summed E-state index contributed by atoms with van der Waals surface area (Å²) in [5, 5.41) is 5.89. The van der Waals surface area contributed by atoms with Gasteiger partial charge < -0.3 is 0 Å². The Hall–Kier alpha value is -2.16. The fourth-order valence-electron chi connectivity index (χ4n) is 2.34. The summed E-state index contributed by atoms with van der Waals surface area (Å²) in [5.41, 5.74) is 4.32. The van der Waals surface area contributed by atoms with Crippen LogP contribution in [-0.4, -0.2) is 14.8 Å². The summed E-state index contributed by atoms with van der Waals surface area (Å²) in [6.45, 7) is 6.41. The predicted molar refractivity (Wildman–Crippen MR) is 77.7 cm³/mol. The van der Waals surface area contributed by atoms with Crippen LogP contribution < -0.4 is 0 Å². The minimum absolute atomic E-state index is 0.387. The zero-order valence-corrected chi connectivity index (χ0v) is 11.5. The first-order valence-corrected chi connectivity index (χ1v) is 6.57. The second-order valence-corrected chi connectivity index (χ2v) is 5.17. The van der Waals surface area contributed by atoms with Crippen molar-refractivity contribution in [3.05, 3.63) is 53.9 Å². The summed E-state index contributed by atoms with van der Waals surface area (Å²) in [5.74, 6) is 0.387. The molecular weight excluding hydrogens is 234 g/mol. The van der Waals surface area contributed by atoms with Crippen LogP contribution >= 0.6 is 0 Å². The third-order valence-corrected chi connectivity index (χ3v) is 3.26. The molecule has 96 valence electrons. The van der Waals surface area contributed by atoms with Crippen LogP contribution in [0.25, 0.3) is 16.7 Å². The molecule has 2 aromatic heterocycles. The summed E-state index contributed by atoms with van der Waals surface area (Å²) in [6.07, 6.45) is 1.82. The minimum atomic E-state index is 0.387. The molecule has 0 amide bonds. The maximum absolute atomic E-state index is 4.75. The van der Waals surface area contributed by atoms with E-state index in [0.717, 1.165) is 22.4 Å². The lowest BCUT2D eigenvalue weighted by molar-refractivity contribution is 0.776. The topological polar surface area (TPSA) is 30.7 Å². The largest absolute Gasteiger partial charge is 0.237 e. The van der Waals surface area contributed by atoms with Crippen molar-refractivity contribution in [3.8, 4) is 5.69 Å². The van der Waals surface area contributed by atoms with E-state index in [1.165, 1.54) is 5.56 Å². The number of hydrogen-bond donors (Lipinski definition) is 0. The first-order chi connectivity index (χ1) is 9.16. The second kappa shape index (κ2) is 4.50. The first kappa shape index (κ1) is 11.9. The molecule has 0 unspecified atom stereocenters. The van der Waals surface area contributed by atoms with Crippen molar-refractivity contribution >= 4 is 11.0 Å². The van der Waals surface area contributed by atoms with Gasteiger partial charge in [-0.25, -0.2) is 9.67 Å². The molecule has 0 fully saturated rings. The molecule has 0 N–H and O–H groups in total. The summed E-state index contributed by atoms with van der Waals surface area (Å²) < 4.78 is 1.94. The minimum Gasteiger partial charge on any atom is -0.237 e. The molecule has 3 heteroatoms. The van der Waals surface area contributed by atoms with E-state index in [1.807, 2.05) is 16.9 Å². The monoisotopic (exact) mass is 251 g/mol. The predicted octanol–water partition coefficient (Wildman–Crippen LogP) is 3.85. The van der Waals surface area contributed by atoms with Gasteiger partial charge in [0, 0.05) is 11.6 Å². The van der Waals surface area contributed by atoms with E-state index in [-0.39, 0.29) is 0 Å². The van der Waals surface area contributed by atoms with Gasteiger partial charge in [-0.1, -0.05) is 26.0 Å².